The summed E-state index contributed by atoms with van der Waals surface area (Å²) in [6.45, 7) is 1.94. The number of hydrogen-bond acceptors (Lipinski definition) is 6. The molecule has 0 N–H and O–H groups in total. The van der Waals surface area contributed by atoms with Crippen molar-refractivity contribution in [2.45, 2.75) is 38.5 Å². The summed E-state index contributed by atoms with van der Waals surface area (Å²) in [6.07, 6.45) is 10.6. The second kappa shape index (κ2) is 9.52. The van der Waals surface area contributed by atoms with Crippen LogP contribution in [0.25, 0.3) is 27.8 Å². The normalized spacial score (nSPS) is 16.3. The Morgan fingerprint density at radius 2 is 2.09 bits per heavy atom. The molecule has 0 aliphatic carbocycles. The molecule has 35 heavy (non-hydrogen) atoms. The maximum atomic E-state index is 14.8. The van der Waals surface area contributed by atoms with E-state index >= 15 is 0 Å². The van der Waals surface area contributed by atoms with Gasteiger partial charge in [0.15, 0.2) is 11.9 Å². The standard InChI is InChI=1S/C26H25FN6O2/c27-22-14-24-18(4-3-8-28-24)12-19(22)13-21-16-29-25-7-6-23(31-33(21)25)20-15-30-32(17-20)9-11-35-26-5-1-2-10-34-26/h3-4,6-8,12,14-17,26H,1-2,5,9-11,13H2. The van der Waals surface area contributed by atoms with Crippen LogP contribution in [-0.4, -0.2) is 48.9 Å². The molecule has 1 unspecified atom stereocenters. The topological polar surface area (TPSA) is 79.4 Å². The number of fused-ring (bicyclic) bond motifs is 2. The predicted octanol–water partition coefficient (Wildman–Crippen LogP) is 4.41. The van der Waals surface area contributed by atoms with Crippen molar-refractivity contribution in [2.24, 2.45) is 0 Å². The number of ether oxygens (including phenoxy) is 2. The number of benzene rings is 1. The summed E-state index contributed by atoms with van der Waals surface area (Å²) in [5, 5.41) is 10.1. The van der Waals surface area contributed by atoms with Crippen molar-refractivity contribution in [1.29, 1.82) is 0 Å². The number of imidazole rings is 1. The third-order valence-corrected chi connectivity index (χ3v) is 6.27. The summed E-state index contributed by atoms with van der Waals surface area (Å²) >= 11 is 0. The van der Waals surface area contributed by atoms with E-state index in [0.717, 1.165) is 48.2 Å². The van der Waals surface area contributed by atoms with Gasteiger partial charge in [-0.15, -0.1) is 0 Å². The lowest BCUT2D eigenvalue weighted by molar-refractivity contribution is -0.163. The van der Waals surface area contributed by atoms with E-state index < -0.39 is 0 Å². The number of rotatable bonds is 7. The summed E-state index contributed by atoms with van der Waals surface area (Å²) in [4.78, 5) is 8.68. The number of halogens is 1. The van der Waals surface area contributed by atoms with Crippen LogP contribution in [0.5, 0.6) is 0 Å². The predicted molar refractivity (Wildman–Crippen MR) is 128 cm³/mol. The fourth-order valence-corrected chi connectivity index (χ4v) is 4.41. The Labute approximate surface area is 201 Å². The molecule has 0 amide bonds. The number of aromatic nitrogens is 6. The lowest BCUT2D eigenvalue weighted by atomic mass is 10.1. The van der Waals surface area contributed by atoms with Gasteiger partial charge in [-0.3, -0.25) is 9.67 Å². The van der Waals surface area contributed by atoms with E-state index in [1.54, 1.807) is 23.1 Å². The van der Waals surface area contributed by atoms with E-state index in [2.05, 4.69) is 15.1 Å². The molecule has 1 atom stereocenters. The Morgan fingerprint density at radius 1 is 1.11 bits per heavy atom. The van der Waals surface area contributed by atoms with E-state index in [0.29, 0.717) is 36.3 Å². The summed E-state index contributed by atoms with van der Waals surface area (Å²) in [5.74, 6) is -0.288. The minimum absolute atomic E-state index is 0.105. The van der Waals surface area contributed by atoms with Crippen molar-refractivity contribution in [3.05, 3.63) is 78.3 Å². The summed E-state index contributed by atoms with van der Waals surface area (Å²) in [7, 11) is 0. The molecule has 1 aliphatic heterocycles. The van der Waals surface area contributed by atoms with Crippen LogP contribution in [-0.2, 0) is 22.4 Å². The molecule has 1 saturated heterocycles. The van der Waals surface area contributed by atoms with Gasteiger partial charge in [-0.1, -0.05) is 6.07 Å². The highest BCUT2D eigenvalue weighted by atomic mass is 19.1. The van der Waals surface area contributed by atoms with Crippen LogP contribution in [0.1, 0.15) is 30.5 Å². The van der Waals surface area contributed by atoms with E-state index in [1.165, 1.54) is 6.07 Å². The zero-order chi connectivity index (χ0) is 23.6. The van der Waals surface area contributed by atoms with Crippen LogP contribution < -0.4 is 0 Å². The zero-order valence-electron chi connectivity index (χ0n) is 19.2. The van der Waals surface area contributed by atoms with Crippen molar-refractivity contribution < 1.29 is 13.9 Å². The second-order valence-corrected chi connectivity index (χ2v) is 8.71. The zero-order valence-corrected chi connectivity index (χ0v) is 19.2. The first-order valence-electron chi connectivity index (χ1n) is 11.9. The average molecular weight is 473 g/mol. The van der Waals surface area contributed by atoms with Gasteiger partial charge in [-0.2, -0.15) is 10.2 Å². The van der Waals surface area contributed by atoms with Gasteiger partial charge in [0, 0.05) is 42.4 Å². The van der Waals surface area contributed by atoms with Crippen molar-refractivity contribution in [1.82, 2.24) is 29.4 Å². The molecule has 8 nitrogen and oxygen atoms in total. The first-order valence-corrected chi connectivity index (χ1v) is 11.9. The molecule has 1 fully saturated rings. The molecule has 1 aromatic carbocycles. The van der Waals surface area contributed by atoms with Crippen molar-refractivity contribution in [2.75, 3.05) is 13.2 Å². The third-order valence-electron chi connectivity index (χ3n) is 6.27. The fourth-order valence-electron chi connectivity index (χ4n) is 4.41. The number of hydrogen-bond donors (Lipinski definition) is 0. The highest BCUT2D eigenvalue weighted by molar-refractivity contribution is 5.79. The molecule has 0 saturated carbocycles. The van der Waals surface area contributed by atoms with Gasteiger partial charge in [-0.05, 0) is 49.1 Å². The van der Waals surface area contributed by atoms with Crippen molar-refractivity contribution >= 4 is 16.6 Å². The van der Waals surface area contributed by atoms with Gasteiger partial charge in [0.05, 0.1) is 42.4 Å². The molecule has 0 spiro atoms. The second-order valence-electron chi connectivity index (χ2n) is 8.71. The Morgan fingerprint density at radius 3 is 3.00 bits per heavy atom. The van der Waals surface area contributed by atoms with Gasteiger partial charge >= 0.3 is 0 Å². The Kier molecular flexibility index (Phi) is 5.93. The highest BCUT2D eigenvalue weighted by Crippen LogP contribution is 2.22. The molecule has 9 heteroatoms. The summed E-state index contributed by atoms with van der Waals surface area (Å²) < 4.78 is 29.8. The molecule has 4 aromatic heterocycles. The van der Waals surface area contributed by atoms with Gasteiger partial charge < -0.3 is 9.47 Å². The summed E-state index contributed by atoms with van der Waals surface area (Å²) in [6, 6.07) is 10.9. The molecule has 5 heterocycles. The van der Waals surface area contributed by atoms with Crippen LogP contribution in [0.15, 0.2) is 61.2 Å². The molecule has 6 rings (SSSR count). The summed E-state index contributed by atoms with van der Waals surface area (Å²) in [5.41, 5.74) is 4.39. The van der Waals surface area contributed by atoms with Crippen LogP contribution >= 0.6 is 0 Å². The fraction of sp³-hybridized carbons (Fsp3) is 0.308. The van der Waals surface area contributed by atoms with Crippen LogP contribution in [0, 0.1) is 5.82 Å². The maximum Gasteiger partial charge on any atom is 0.157 e. The molecule has 0 radical (unpaired) electrons. The SMILES string of the molecule is Fc1cc2ncccc2cc1Cc1cnc2ccc(-c3cnn(CCOC4CCCCO4)c3)nn12. The minimum Gasteiger partial charge on any atom is -0.353 e. The molecule has 178 valence electrons. The lowest BCUT2D eigenvalue weighted by Crippen LogP contribution is -2.24. The van der Waals surface area contributed by atoms with E-state index in [1.807, 2.05) is 41.2 Å². The first kappa shape index (κ1) is 21.8. The Balaban J connectivity index is 1.20. The van der Waals surface area contributed by atoms with Crippen LogP contribution in [0.4, 0.5) is 4.39 Å². The largest absolute Gasteiger partial charge is 0.353 e. The molecular formula is C26H25FN6O2. The first-order chi connectivity index (χ1) is 17.2. The van der Waals surface area contributed by atoms with E-state index in [4.69, 9.17) is 14.6 Å². The highest BCUT2D eigenvalue weighted by Gasteiger charge is 2.15. The van der Waals surface area contributed by atoms with Crippen molar-refractivity contribution in [3.63, 3.8) is 0 Å². The van der Waals surface area contributed by atoms with Gasteiger partial charge in [-0.25, -0.2) is 13.9 Å². The van der Waals surface area contributed by atoms with Gasteiger partial charge in [0.25, 0.3) is 0 Å². The van der Waals surface area contributed by atoms with Gasteiger partial charge in [0.1, 0.15) is 5.82 Å². The monoisotopic (exact) mass is 472 g/mol. The van der Waals surface area contributed by atoms with E-state index in [-0.39, 0.29) is 12.1 Å². The Bertz CT molecular complexity index is 1470. The van der Waals surface area contributed by atoms with Gasteiger partial charge in [0.2, 0.25) is 0 Å². The van der Waals surface area contributed by atoms with Crippen molar-refractivity contribution in [3.8, 4) is 11.3 Å². The third kappa shape index (κ3) is 4.65. The Hall–Kier alpha value is -3.69. The molecule has 5 aromatic rings. The maximum absolute atomic E-state index is 14.8. The lowest BCUT2D eigenvalue weighted by Gasteiger charge is -2.22. The van der Waals surface area contributed by atoms with Crippen LogP contribution in [0.2, 0.25) is 0 Å². The molecule has 0 bridgehead atoms. The smallest absolute Gasteiger partial charge is 0.157 e. The average Bonchev–Trinajstić information content (AvgIpc) is 3.52. The number of nitrogens with zero attached hydrogens (tertiary/aromatic N) is 6. The van der Waals surface area contributed by atoms with E-state index in [9.17, 15) is 4.39 Å². The minimum atomic E-state index is -0.288. The van der Waals surface area contributed by atoms with Crippen LogP contribution in [0.3, 0.4) is 0 Å². The molecular weight excluding hydrogens is 447 g/mol. The number of pyridine rings is 1. The quantitative estimate of drug-likeness (QED) is 0.349. The molecule has 1 aliphatic rings.